The van der Waals surface area contributed by atoms with Gasteiger partial charge in [0.25, 0.3) is 0 Å². The summed E-state index contributed by atoms with van der Waals surface area (Å²) in [5.41, 5.74) is 2.54. The highest BCUT2D eigenvalue weighted by Gasteiger charge is 2.26. The number of fused-ring (bicyclic) bond motifs is 1. The van der Waals surface area contributed by atoms with E-state index in [9.17, 15) is 9.59 Å². The Morgan fingerprint density at radius 1 is 1.03 bits per heavy atom. The molecule has 4 rings (SSSR count). The molecular formula is C25H28N4O3. The number of amides is 1. The highest BCUT2D eigenvalue weighted by atomic mass is 16.6. The van der Waals surface area contributed by atoms with Crippen LogP contribution in [0.3, 0.4) is 0 Å². The number of rotatable bonds is 5. The van der Waals surface area contributed by atoms with E-state index < -0.39 is 11.7 Å². The molecule has 7 heteroatoms. The van der Waals surface area contributed by atoms with Crippen molar-refractivity contribution in [3.8, 4) is 11.3 Å². The van der Waals surface area contributed by atoms with Crippen molar-refractivity contribution in [2.75, 3.05) is 11.9 Å². The molecule has 0 atom stereocenters. The lowest BCUT2D eigenvalue weighted by Gasteiger charge is -2.24. The highest BCUT2D eigenvalue weighted by Crippen LogP contribution is 2.33. The fourth-order valence-corrected chi connectivity index (χ4v) is 3.45. The molecule has 7 nitrogen and oxygen atoms in total. The molecule has 3 heterocycles. The molecule has 0 aliphatic heterocycles. The first-order valence-electron chi connectivity index (χ1n) is 10.8. The normalized spacial score (nSPS) is 13.8. The van der Waals surface area contributed by atoms with Gasteiger partial charge in [0.15, 0.2) is 5.78 Å². The lowest BCUT2D eigenvalue weighted by Crippen LogP contribution is -2.34. The summed E-state index contributed by atoms with van der Waals surface area (Å²) in [6, 6.07) is 5.60. The zero-order valence-electron chi connectivity index (χ0n) is 19.2. The number of carbonyl (C=O) groups excluding carboxylic acids is 2. The third kappa shape index (κ3) is 4.93. The Hall–Kier alpha value is -3.35. The van der Waals surface area contributed by atoms with Crippen LogP contribution in [0.25, 0.3) is 22.0 Å². The molecular weight excluding hydrogens is 404 g/mol. The molecule has 0 bridgehead atoms. The van der Waals surface area contributed by atoms with Crippen molar-refractivity contribution in [2.24, 2.45) is 5.92 Å². The minimum absolute atomic E-state index is 0.111. The van der Waals surface area contributed by atoms with Crippen molar-refractivity contribution in [1.29, 1.82) is 0 Å². The molecule has 1 saturated carbocycles. The van der Waals surface area contributed by atoms with Crippen LogP contribution in [0.4, 0.5) is 10.6 Å². The maximum absolute atomic E-state index is 12.4. The first-order valence-corrected chi connectivity index (χ1v) is 10.8. The van der Waals surface area contributed by atoms with Crippen LogP contribution in [-0.2, 0) is 4.74 Å². The van der Waals surface area contributed by atoms with Gasteiger partial charge >= 0.3 is 6.09 Å². The zero-order valence-corrected chi connectivity index (χ0v) is 19.2. The van der Waals surface area contributed by atoms with Crippen LogP contribution in [0.1, 0.15) is 56.1 Å². The number of Topliss-reactive ketones (excluding diaryl/α,β-unsaturated/α-hetero) is 1. The predicted octanol–water partition coefficient (Wildman–Crippen LogP) is 5.35. The Kier molecular flexibility index (Phi) is 5.67. The third-order valence-corrected chi connectivity index (χ3v) is 5.44. The molecule has 166 valence electrons. The minimum atomic E-state index is -0.581. The van der Waals surface area contributed by atoms with E-state index in [4.69, 9.17) is 4.74 Å². The average molecular weight is 433 g/mol. The molecule has 0 unspecified atom stereocenters. The van der Waals surface area contributed by atoms with Gasteiger partial charge in [-0.3, -0.25) is 19.7 Å². The summed E-state index contributed by atoms with van der Waals surface area (Å²) < 4.78 is 5.41. The molecule has 0 saturated heterocycles. The van der Waals surface area contributed by atoms with Crippen molar-refractivity contribution in [1.82, 2.24) is 15.0 Å². The lowest BCUT2D eigenvalue weighted by molar-refractivity contribution is 0.0588. The summed E-state index contributed by atoms with van der Waals surface area (Å²) in [7, 11) is 1.63. The number of anilines is 1. The Morgan fingerprint density at radius 3 is 2.38 bits per heavy atom. The van der Waals surface area contributed by atoms with Crippen molar-refractivity contribution >= 4 is 28.5 Å². The van der Waals surface area contributed by atoms with Gasteiger partial charge in [0.05, 0.1) is 5.69 Å². The molecule has 0 aromatic carbocycles. The maximum Gasteiger partial charge on any atom is 0.415 e. The maximum atomic E-state index is 12.4. The van der Waals surface area contributed by atoms with Gasteiger partial charge in [-0.25, -0.2) is 9.78 Å². The van der Waals surface area contributed by atoms with Crippen LogP contribution in [0.15, 0.2) is 36.8 Å². The van der Waals surface area contributed by atoms with Gasteiger partial charge in [-0.2, -0.15) is 0 Å². The summed E-state index contributed by atoms with van der Waals surface area (Å²) in [6.07, 6.45) is 7.61. The van der Waals surface area contributed by atoms with Crippen molar-refractivity contribution in [2.45, 2.75) is 52.6 Å². The van der Waals surface area contributed by atoms with E-state index in [-0.39, 0.29) is 5.78 Å². The average Bonchev–Trinajstić information content (AvgIpc) is 3.55. The SMILES string of the molecule is Cc1cc(C(=O)CC2CC2)ncc1-c1cc2cnc(N(C)C(=O)OC(C)(C)C)cc2cn1. The number of hydrogen-bond donors (Lipinski definition) is 0. The van der Waals surface area contributed by atoms with Crippen molar-refractivity contribution < 1.29 is 14.3 Å². The Balaban J connectivity index is 1.57. The number of ketones is 1. The smallest absolute Gasteiger partial charge is 0.415 e. The largest absolute Gasteiger partial charge is 0.443 e. The first kappa shape index (κ1) is 21.9. The molecule has 1 aliphatic carbocycles. The van der Waals surface area contributed by atoms with Crippen LogP contribution < -0.4 is 4.90 Å². The van der Waals surface area contributed by atoms with Gasteiger partial charge in [-0.15, -0.1) is 0 Å². The van der Waals surface area contributed by atoms with Crippen molar-refractivity contribution in [3.05, 3.63) is 48.0 Å². The zero-order chi connectivity index (χ0) is 23.0. The number of hydrogen-bond acceptors (Lipinski definition) is 6. The van der Waals surface area contributed by atoms with Gasteiger partial charge in [0.1, 0.15) is 17.1 Å². The highest BCUT2D eigenvalue weighted by molar-refractivity contribution is 5.95. The molecule has 0 radical (unpaired) electrons. The lowest BCUT2D eigenvalue weighted by atomic mass is 10.0. The monoisotopic (exact) mass is 432 g/mol. The van der Waals surface area contributed by atoms with Gasteiger partial charge in [0.2, 0.25) is 0 Å². The summed E-state index contributed by atoms with van der Waals surface area (Å²) in [4.78, 5) is 39.5. The van der Waals surface area contributed by atoms with Crippen LogP contribution in [0.2, 0.25) is 0 Å². The fraction of sp³-hybridized carbons (Fsp3) is 0.400. The number of carbonyl (C=O) groups is 2. The number of ether oxygens (including phenoxy) is 1. The third-order valence-electron chi connectivity index (χ3n) is 5.44. The minimum Gasteiger partial charge on any atom is -0.443 e. The van der Waals surface area contributed by atoms with Crippen LogP contribution in [-0.4, -0.2) is 39.5 Å². The van der Waals surface area contributed by atoms with Gasteiger partial charge in [0, 0.05) is 48.4 Å². The Labute approximate surface area is 187 Å². The van der Waals surface area contributed by atoms with E-state index in [1.54, 1.807) is 31.7 Å². The molecule has 3 aromatic rings. The molecule has 1 amide bonds. The summed E-state index contributed by atoms with van der Waals surface area (Å²) >= 11 is 0. The number of aryl methyl sites for hydroxylation is 1. The summed E-state index contributed by atoms with van der Waals surface area (Å²) in [5.74, 6) is 1.13. The Morgan fingerprint density at radius 2 is 1.72 bits per heavy atom. The second-order valence-electron chi connectivity index (χ2n) is 9.45. The number of aromatic nitrogens is 3. The first-order chi connectivity index (χ1) is 15.1. The van der Waals surface area contributed by atoms with E-state index in [1.165, 1.54) is 4.90 Å². The Bertz CT molecular complexity index is 1200. The predicted molar refractivity (Wildman–Crippen MR) is 124 cm³/mol. The van der Waals surface area contributed by atoms with Crippen molar-refractivity contribution in [3.63, 3.8) is 0 Å². The molecule has 1 aliphatic rings. The van der Waals surface area contributed by atoms with E-state index in [2.05, 4.69) is 15.0 Å². The summed E-state index contributed by atoms with van der Waals surface area (Å²) in [6.45, 7) is 7.44. The number of nitrogens with zero attached hydrogens (tertiary/aromatic N) is 4. The van der Waals surface area contributed by atoms with Crippen LogP contribution >= 0.6 is 0 Å². The van der Waals surface area contributed by atoms with E-state index >= 15 is 0 Å². The second-order valence-corrected chi connectivity index (χ2v) is 9.45. The van der Waals surface area contributed by atoms with Gasteiger partial charge < -0.3 is 4.74 Å². The van der Waals surface area contributed by atoms with E-state index in [1.807, 2.05) is 39.8 Å². The molecule has 1 fully saturated rings. The van der Waals surface area contributed by atoms with Crippen LogP contribution in [0.5, 0.6) is 0 Å². The second kappa shape index (κ2) is 8.30. The van der Waals surface area contributed by atoms with Gasteiger partial charge in [-0.05, 0) is 70.2 Å². The molecule has 32 heavy (non-hydrogen) atoms. The van der Waals surface area contributed by atoms with Crippen LogP contribution in [0, 0.1) is 12.8 Å². The van der Waals surface area contributed by atoms with E-state index in [0.717, 1.165) is 40.4 Å². The quantitative estimate of drug-likeness (QED) is 0.505. The molecule has 0 N–H and O–H groups in total. The standard InChI is InChI=1S/C25H28N4O3/c1-15-8-21(22(30)9-16-6-7-16)27-14-19(15)20-10-17-13-28-23(11-18(17)12-26-20)29(5)24(31)32-25(2,3)4/h8,10-14,16H,6-7,9H2,1-5H3. The van der Waals surface area contributed by atoms with Gasteiger partial charge in [-0.1, -0.05) is 0 Å². The number of pyridine rings is 3. The molecule has 0 spiro atoms. The fourth-order valence-electron chi connectivity index (χ4n) is 3.45. The summed E-state index contributed by atoms with van der Waals surface area (Å²) in [5, 5.41) is 1.75. The molecule has 3 aromatic heterocycles. The topological polar surface area (TPSA) is 85.3 Å². The van der Waals surface area contributed by atoms with E-state index in [0.29, 0.717) is 23.9 Å².